The minimum Gasteiger partial charge on any atom is -0.493 e. The van der Waals surface area contributed by atoms with Crippen LogP contribution in [0.5, 0.6) is 11.5 Å². The van der Waals surface area contributed by atoms with E-state index < -0.39 is 5.91 Å². The lowest BCUT2D eigenvalue weighted by Gasteiger charge is -2.33. The number of fused-ring (bicyclic) bond motifs is 1. The van der Waals surface area contributed by atoms with Crippen LogP contribution < -0.4 is 15.2 Å². The third kappa shape index (κ3) is 6.05. The van der Waals surface area contributed by atoms with Crippen molar-refractivity contribution in [2.45, 2.75) is 45.7 Å². The van der Waals surface area contributed by atoms with E-state index in [1.807, 2.05) is 28.9 Å². The monoisotopic (exact) mass is 453 g/mol. The van der Waals surface area contributed by atoms with Crippen LogP contribution >= 0.6 is 0 Å². The van der Waals surface area contributed by atoms with Gasteiger partial charge in [0, 0.05) is 19.1 Å². The first kappa shape index (κ1) is 24.6. The Kier molecular flexibility index (Phi) is 8.33. The lowest BCUT2D eigenvalue weighted by atomic mass is 9.98. The third-order valence-corrected chi connectivity index (χ3v) is 6.32. The summed E-state index contributed by atoms with van der Waals surface area (Å²) < 4.78 is 10.8. The Morgan fingerprint density at radius 1 is 1.06 bits per heavy atom. The van der Waals surface area contributed by atoms with E-state index in [-0.39, 0.29) is 25.0 Å². The van der Waals surface area contributed by atoms with Crippen LogP contribution in [-0.4, -0.2) is 55.5 Å². The van der Waals surface area contributed by atoms with Gasteiger partial charge in [-0.1, -0.05) is 37.6 Å². The molecule has 0 saturated heterocycles. The van der Waals surface area contributed by atoms with E-state index in [1.165, 1.54) is 5.56 Å². The lowest BCUT2D eigenvalue weighted by Crippen LogP contribution is -2.45. The first-order valence-corrected chi connectivity index (χ1v) is 11.5. The third-order valence-electron chi connectivity index (χ3n) is 6.32. The molecule has 2 N–H and O–H groups in total. The molecule has 1 atom stereocenters. The molecule has 2 amide bonds. The molecule has 0 fully saturated rings. The summed E-state index contributed by atoms with van der Waals surface area (Å²) in [6.07, 6.45) is 2.87. The number of rotatable bonds is 10. The number of methoxy groups -OCH3 is 2. The molecule has 0 radical (unpaired) electrons. The van der Waals surface area contributed by atoms with Gasteiger partial charge in [0.05, 0.1) is 27.3 Å². The summed E-state index contributed by atoms with van der Waals surface area (Å²) in [5.74, 6) is 0.882. The number of carbonyl (C=O) groups is 2. The summed E-state index contributed by atoms with van der Waals surface area (Å²) in [5.41, 5.74) is 10.1. The molecule has 7 heteroatoms. The van der Waals surface area contributed by atoms with Crippen molar-refractivity contribution in [1.82, 2.24) is 9.80 Å². The second-order valence-corrected chi connectivity index (χ2v) is 8.58. The number of primary amides is 1. The van der Waals surface area contributed by atoms with Gasteiger partial charge in [-0.15, -0.1) is 0 Å². The topological polar surface area (TPSA) is 85.1 Å². The summed E-state index contributed by atoms with van der Waals surface area (Å²) in [5, 5.41) is 0. The predicted molar refractivity (Wildman–Crippen MR) is 128 cm³/mol. The van der Waals surface area contributed by atoms with Gasteiger partial charge in [-0.05, 0) is 54.2 Å². The average molecular weight is 454 g/mol. The van der Waals surface area contributed by atoms with Crippen molar-refractivity contribution in [3.8, 4) is 11.5 Å². The van der Waals surface area contributed by atoms with Gasteiger partial charge in [0.1, 0.15) is 0 Å². The highest BCUT2D eigenvalue weighted by Crippen LogP contribution is 2.33. The zero-order chi connectivity index (χ0) is 24.0. The lowest BCUT2D eigenvalue weighted by molar-refractivity contribution is -0.134. The molecule has 1 aliphatic rings. The molecule has 7 nitrogen and oxygen atoms in total. The molecule has 0 spiro atoms. The molecule has 3 rings (SSSR count). The van der Waals surface area contributed by atoms with Crippen LogP contribution in [0.25, 0.3) is 0 Å². The van der Waals surface area contributed by atoms with Gasteiger partial charge in [0.15, 0.2) is 11.5 Å². The van der Waals surface area contributed by atoms with Crippen molar-refractivity contribution < 1.29 is 19.1 Å². The molecule has 2 aromatic carbocycles. The smallest absolute Gasteiger partial charge is 0.237 e. The number of hydrogen-bond acceptors (Lipinski definition) is 5. The summed E-state index contributed by atoms with van der Waals surface area (Å²) in [4.78, 5) is 28.7. The number of carbonyl (C=O) groups excluding carboxylic acids is 2. The number of nitrogens with two attached hydrogens (primary N) is 1. The molecule has 178 valence electrons. The maximum atomic E-state index is 13.2. The number of nitrogens with zero attached hydrogens (tertiary/aromatic N) is 2. The van der Waals surface area contributed by atoms with Gasteiger partial charge in [-0.3, -0.25) is 14.5 Å². The van der Waals surface area contributed by atoms with Gasteiger partial charge in [0.25, 0.3) is 0 Å². The van der Waals surface area contributed by atoms with Crippen LogP contribution in [0.1, 0.15) is 48.6 Å². The van der Waals surface area contributed by atoms with Crippen molar-refractivity contribution in [1.29, 1.82) is 0 Å². The van der Waals surface area contributed by atoms with Crippen LogP contribution in [0.2, 0.25) is 0 Å². The minimum absolute atomic E-state index is 0.0221. The van der Waals surface area contributed by atoms with Crippen molar-refractivity contribution >= 4 is 11.8 Å². The van der Waals surface area contributed by atoms with E-state index in [4.69, 9.17) is 15.2 Å². The molecule has 1 heterocycles. The Hall–Kier alpha value is -3.06. The van der Waals surface area contributed by atoms with Gasteiger partial charge in [-0.25, -0.2) is 0 Å². The van der Waals surface area contributed by atoms with Gasteiger partial charge >= 0.3 is 0 Å². The van der Waals surface area contributed by atoms with Crippen LogP contribution in [-0.2, 0) is 29.0 Å². The second-order valence-electron chi connectivity index (χ2n) is 8.58. The molecule has 1 aliphatic heterocycles. The summed E-state index contributed by atoms with van der Waals surface area (Å²) in [6.45, 7) is 5.43. The van der Waals surface area contributed by atoms with Crippen molar-refractivity contribution in [3.05, 3.63) is 58.7 Å². The zero-order valence-corrected chi connectivity index (χ0v) is 20.1. The standard InChI is InChI=1S/C26H35N3O4/c1-5-6-19-7-9-20(10-8-19)18(2)29(16-25(27)30)17-26(31)28-12-11-21-13-23(32-3)24(33-4)14-22(21)15-28/h7-10,13-14,18H,5-6,11-12,15-17H2,1-4H3,(H2,27,30). The quantitative estimate of drug-likeness (QED) is 0.598. The molecule has 0 saturated carbocycles. The van der Waals surface area contributed by atoms with Gasteiger partial charge in [0.2, 0.25) is 11.8 Å². The fourth-order valence-corrected chi connectivity index (χ4v) is 4.36. The summed E-state index contributed by atoms with van der Waals surface area (Å²) in [7, 11) is 3.22. The fraction of sp³-hybridized carbons (Fsp3) is 0.462. The number of ether oxygens (including phenoxy) is 2. The summed E-state index contributed by atoms with van der Waals surface area (Å²) >= 11 is 0. The largest absolute Gasteiger partial charge is 0.493 e. The average Bonchev–Trinajstić information content (AvgIpc) is 2.82. The Balaban J connectivity index is 1.73. The van der Waals surface area contributed by atoms with Crippen molar-refractivity contribution in [2.75, 3.05) is 33.9 Å². The van der Waals surface area contributed by atoms with Crippen molar-refractivity contribution in [2.24, 2.45) is 5.73 Å². The maximum absolute atomic E-state index is 13.2. The highest BCUT2D eigenvalue weighted by Gasteiger charge is 2.27. The Bertz CT molecular complexity index is 974. The number of hydrogen-bond donors (Lipinski definition) is 1. The normalized spacial score (nSPS) is 14.0. The number of amides is 2. The van der Waals surface area contributed by atoms with Crippen LogP contribution in [0, 0.1) is 0 Å². The molecule has 2 aromatic rings. The highest BCUT2D eigenvalue weighted by molar-refractivity contribution is 5.81. The van der Waals surface area contributed by atoms with E-state index >= 15 is 0 Å². The summed E-state index contributed by atoms with van der Waals surface area (Å²) in [6, 6.07) is 12.2. The number of benzene rings is 2. The van der Waals surface area contributed by atoms with E-state index in [1.54, 1.807) is 14.2 Å². The molecule has 0 aromatic heterocycles. The fourth-order valence-electron chi connectivity index (χ4n) is 4.36. The molecule has 33 heavy (non-hydrogen) atoms. The zero-order valence-electron chi connectivity index (χ0n) is 20.1. The molecular formula is C26H35N3O4. The SMILES string of the molecule is CCCc1ccc(C(C)N(CC(N)=O)CC(=O)N2CCc3cc(OC)c(OC)cc3C2)cc1. The van der Waals surface area contributed by atoms with Crippen molar-refractivity contribution in [3.63, 3.8) is 0 Å². The number of aryl methyl sites for hydroxylation is 1. The predicted octanol–water partition coefficient (Wildman–Crippen LogP) is 3.09. The second kappa shape index (κ2) is 11.2. The highest BCUT2D eigenvalue weighted by atomic mass is 16.5. The molecule has 1 unspecified atom stereocenters. The van der Waals surface area contributed by atoms with E-state index in [0.29, 0.717) is 24.6 Å². The molecular weight excluding hydrogens is 418 g/mol. The van der Waals surface area contributed by atoms with E-state index in [0.717, 1.165) is 36.0 Å². The molecule has 0 bridgehead atoms. The van der Waals surface area contributed by atoms with Gasteiger partial charge < -0.3 is 20.1 Å². The Labute approximate surface area is 196 Å². The van der Waals surface area contributed by atoms with Gasteiger partial charge in [-0.2, -0.15) is 0 Å². The van der Waals surface area contributed by atoms with Crippen LogP contribution in [0.15, 0.2) is 36.4 Å². The Morgan fingerprint density at radius 2 is 1.70 bits per heavy atom. The molecule has 0 aliphatic carbocycles. The first-order valence-electron chi connectivity index (χ1n) is 11.5. The Morgan fingerprint density at radius 3 is 2.27 bits per heavy atom. The minimum atomic E-state index is -0.446. The van der Waals surface area contributed by atoms with Crippen LogP contribution in [0.4, 0.5) is 0 Å². The maximum Gasteiger partial charge on any atom is 0.237 e. The van der Waals surface area contributed by atoms with E-state index in [2.05, 4.69) is 31.2 Å². The van der Waals surface area contributed by atoms with E-state index in [9.17, 15) is 9.59 Å². The van der Waals surface area contributed by atoms with Crippen LogP contribution in [0.3, 0.4) is 0 Å². The first-order chi connectivity index (χ1) is 15.9.